The highest BCUT2D eigenvalue weighted by molar-refractivity contribution is 5.77. The Balaban J connectivity index is 1.81. The molecule has 0 spiro atoms. The van der Waals surface area contributed by atoms with Crippen LogP contribution in [0.4, 0.5) is 0 Å². The van der Waals surface area contributed by atoms with E-state index in [2.05, 4.69) is 36.5 Å². The molecule has 3 aromatic rings. The van der Waals surface area contributed by atoms with E-state index in [1.165, 1.54) is 5.56 Å². The first-order chi connectivity index (χ1) is 11.7. The quantitative estimate of drug-likeness (QED) is 0.756. The third-order valence-corrected chi connectivity index (χ3v) is 4.52. The summed E-state index contributed by atoms with van der Waals surface area (Å²) < 4.78 is 1.70. The highest BCUT2D eigenvalue weighted by Gasteiger charge is 2.19. The van der Waals surface area contributed by atoms with Gasteiger partial charge in [0.1, 0.15) is 6.04 Å². The van der Waals surface area contributed by atoms with Crippen molar-refractivity contribution in [2.45, 2.75) is 25.8 Å². The molecule has 0 saturated heterocycles. The smallest absolute Gasteiger partial charge is 0.261 e. The van der Waals surface area contributed by atoms with Crippen molar-refractivity contribution in [3.8, 4) is 0 Å². The molecule has 0 radical (unpaired) electrons. The molecule has 4 nitrogen and oxygen atoms in total. The topological polar surface area (TPSA) is 51.5 Å². The lowest BCUT2D eigenvalue weighted by Crippen LogP contribution is -2.86. The zero-order chi connectivity index (χ0) is 16.9. The Kier molecular flexibility index (Phi) is 5.06. The van der Waals surface area contributed by atoms with E-state index >= 15 is 0 Å². The molecule has 0 aliphatic carbocycles. The van der Waals surface area contributed by atoms with Gasteiger partial charge in [-0.3, -0.25) is 9.36 Å². The van der Waals surface area contributed by atoms with Gasteiger partial charge in [-0.1, -0.05) is 49.4 Å². The SMILES string of the molecule is CC[C@@H]([NH2+]CCc1ccccc1)c1nc2ccccc2c(=O)n1C. The molecule has 4 heteroatoms. The molecule has 0 aliphatic heterocycles. The Morgan fingerprint density at radius 2 is 1.79 bits per heavy atom. The van der Waals surface area contributed by atoms with Gasteiger partial charge in [-0.05, 0) is 17.7 Å². The van der Waals surface area contributed by atoms with E-state index in [0.717, 1.165) is 30.7 Å². The van der Waals surface area contributed by atoms with Gasteiger partial charge in [0.25, 0.3) is 5.56 Å². The van der Waals surface area contributed by atoms with Crippen LogP contribution in [0.5, 0.6) is 0 Å². The predicted octanol–water partition coefficient (Wildman–Crippen LogP) is 2.19. The maximum atomic E-state index is 12.6. The third kappa shape index (κ3) is 3.39. The summed E-state index contributed by atoms with van der Waals surface area (Å²) >= 11 is 0. The summed E-state index contributed by atoms with van der Waals surface area (Å²) in [6, 6.07) is 18.2. The molecule has 0 unspecified atom stereocenters. The first-order valence-electron chi connectivity index (χ1n) is 8.53. The molecule has 124 valence electrons. The molecule has 0 bridgehead atoms. The number of benzene rings is 2. The average Bonchev–Trinajstić information content (AvgIpc) is 2.63. The molecule has 3 rings (SSSR count). The Hall–Kier alpha value is -2.46. The summed E-state index contributed by atoms with van der Waals surface area (Å²) in [5.74, 6) is 0.856. The van der Waals surface area contributed by atoms with Gasteiger partial charge in [0.2, 0.25) is 0 Å². The van der Waals surface area contributed by atoms with E-state index in [1.54, 1.807) is 4.57 Å². The van der Waals surface area contributed by atoms with Crippen LogP contribution in [0.3, 0.4) is 0 Å². The normalized spacial score (nSPS) is 12.4. The maximum Gasteiger partial charge on any atom is 0.261 e. The lowest BCUT2D eigenvalue weighted by molar-refractivity contribution is -0.697. The van der Waals surface area contributed by atoms with Crippen LogP contribution < -0.4 is 10.9 Å². The minimum absolute atomic E-state index is 0.0329. The van der Waals surface area contributed by atoms with Crippen molar-refractivity contribution in [1.82, 2.24) is 9.55 Å². The summed E-state index contributed by atoms with van der Waals surface area (Å²) in [5, 5.41) is 2.98. The number of fused-ring (bicyclic) bond motifs is 1. The Morgan fingerprint density at radius 1 is 1.08 bits per heavy atom. The molecule has 0 fully saturated rings. The van der Waals surface area contributed by atoms with Gasteiger partial charge in [-0.2, -0.15) is 0 Å². The zero-order valence-corrected chi connectivity index (χ0v) is 14.3. The van der Waals surface area contributed by atoms with E-state index in [1.807, 2.05) is 37.4 Å². The Morgan fingerprint density at radius 3 is 2.54 bits per heavy atom. The number of quaternary nitrogens is 1. The molecule has 0 aliphatic rings. The van der Waals surface area contributed by atoms with Crippen LogP contribution >= 0.6 is 0 Å². The largest absolute Gasteiger partial charge is 0.337 e. The summed E-state index contributed by atoms with van der Waals surface area (Å²) in [4.78, 5) is 17.3. The van der Waals surface area contributed by atoms with Gasteiger partial charge in [-0.15, -0.1) is 0 Å². The number of hydrogen-bond acceptors (Lipinski definition) is 2. The van der Waals surface area contributed by atoms with E-state index in [0.29, 0.717) is 5.39 Å². The van der Waals surface area contributed by atoms with Crippen LogP contribution in [0.2, 0.25) is 0 Å². The molecule has 2 N–H and O–H groups in total. The average molecular weight is 322 g/mol. The monoisotopic (exact) mass is 322 g/mol. The second-order valence-electron chi connectivity index (χ2n) is 6.13. The minimum Gasteiger partial charge on any atom is -0.337 e. The van der Waals surface area contributed by atoms with Gasteiger partial charge in [0, 0.05) is 19.9 Å². The van der Waals surface area contributed by atoms with Crippen LogP contribution in [0.25, 0.3) is 10.9 Å². The molecular formula is C20H24N3O+. The summed E-state index contributed by atoms with van der Waals surface area (Å²) in [6.07, 6.45) is 1.95. The highest BCUT2D eigenvalue weighted by Crippen LogP contribution is 2.12. The van der Waals surface area contributed by atoms with Crippen LogP contribution in [0.1, 0.15) is 30.8 Å². The van der Waals surface area contributed by atoms with E-state index < -0.39 is 0 Å². The van der Waals surface area contributed by atoms with Gasteiger partial charge in [-0.25, -0.2) is 4.98 Å². The third-order valence-electron chi connectivity index (χ3n) is 4.52. The minimum atomic E-state index is 0.0329. The molecule has 2 aromatic carbocycles. The van der Waals surface area contributed by atoms with Crippen molar-refractivity contribution in [3.63, 3.8) is 0 Å². The number of nitrogens with two attached hydrogens (primary N) is 1. The molecule has 1 heterocycles. The van der Waals surface area contributed by atoms with Crippen LogP contribution in [0, 0.1) is 0 Å². The first kappa shape index (κ1) is 16.4. The molecule has 24 heavy (non-hydrogen) atoms. The second-order valence-corrected chi connectivity index (χ2v) is 6.13. The standard InChI is InChI=1S/C20H23N3O/c1-3-17(21-14-13-15-9-5-4-6-10-15)19-22-18-12-8-7-11-16(18)20(24)23(19)2/h4-12,17,21H,3,13-14H2,1-2H3/p+1/t17-/m1/s1. The van der Waals surface area contributed by atoms with Crippen molar-refractivity contribution >= 4 is 10.9 Å². The van der Waals surface area contributed by atoms with Crippen molar-refractivity contribution in [2.75, 3.05) is 6.54 Å². The maximum absolute atomic E-state index is 12.6. The predicted molar refractivity (Wildman–Crippen MR) is 97.0 cm³/mol. The van der Waals surface area contributed by atoms with E-state index in [-0.39, 0.29) is 11.6 Å². The number of aromatic nitrogens is 2. The van der Waals surface area contributed by atoms with E-state index in [4.69, 9.17) is 4.98 Å². The van der Waals surface area contributed by atoms with E-state index in [9.17, 15) is 4.79 Å². The van der Waals surface area contributed by atoms with Crippen molar-refractivity contribution < 1.29 is 5.32 Å². The second kappa shape index (κ2) is 7.41. The zero-order valence-electron chi connectivity index (χ0n) is 14.3. The molecular weight excluding hydrogens is 298 g/mol. The number of hydrogen-bond donors (Lipinski definition) is 1. The molecule has 0 saturated carbocycles. The molecule has 0 amide bonds. The van der Waals surface area contributed by atoms with Gasteiger partial charge in [0.05, 0.1) is 17.4 Å². The summed E-state index contributed by atoms with van der Waals surface area (Å²) in [7, 11) is 1.82. The van der Waals surface area contributed by atoms with Crippen molar-refractivity contribution in [3.05, 3.63) is 76.3 Å². The number of rotatable bonds is 6. The molecule has 1 atom stereocenters. The highest BCUT2D eigenvalue weighted by atomic mass is 16.1. The van der Waals surface area contributed by atoms with Gasteiger partial charge < -0.3 is 5.32 Å². The number of nitrogens with zero attached hydrogens (tertiary/aromatic N) is 2. The van der Waals surface area contributed by atoms with Crippen LogP contribution in [0.15, 0.2) is 59.4 Å². The van der Waals surface area contributed by atoms with Crippen LogP contribution in [-0.4, -0.2) is 16.1 Å². The fourth-order valence-corrected chi connectivity index (χ4v) is 3.12. The van der Waals surface area contributed by atoms with Crippen molar-refractivity contribution in [1.29, 1.82) is 0 Å². The van der Waals surface area contributed by atoms with Crippen molar-refractivity contribution in [2.24, 2.45) is 7.05 Å². The van der Waals surface area contributed by atoms with Gasteiger partial charge in [0.15, 0.2) is 5.82 Å². The fraction of sp³-hybridized carbons (Fsp3) is 0.300. The lowest BCUT2D eigenvalue weighted by atomic mass is 10.1. The van der Waals surface area contributed by atoms with Crippen LogP contribution in [-0.2, 0) is 13.5 Å². The lowest BCUT2D eigenvalue weighted by Gasteiger charge is -2.17. The molecule has 1 aromatic heterocycles. The Labute approximate surface area is 142 Å². The summed E-state index contributed by atoms with van der Waals surface area (Å²) in [5.41, 5.74) is 2.15. The van der Waals surface area contributed by atoms with Gasteiger partial charge >= 0.3 is 0 Å². The fourth-order valence-electron chi connectivity index (χ4n) is 3.12. The number of para-hydroxylation sites is 1. The Bertz CT molecular complexity index is 871. The first-order valence-corrected chi connectivity index (χ1v) is 8.53. The summed E-state index contributed by atoms with van der Waals surface area (Å²) in [6.45, 7) is 3.12.